The number of hydrogen-bond donors (Lipinski definition) is 0. The van der Waals surface area contributed by atoms with Crippen molar-refractivity contribution in [1.29, 1.82) is 5.26 Å². The van der Waals surface area contributed by atoms with Gasteiger partial charge in [0.1, 0.15) is 29.8 Å². The summed E-state index contributed by atoms with van der Waals surface area (Å²) in [5.74, 6) is 1.78. The average Bonchev–Trinajstić information content (AvgIpc) is 3.44. The van der Waals surface area contributed by atoms with Gasteiger partial charge in [0.05, 0.1) is 18.7 Å². The van der Waals surface area contributed by atoms with Gasteiger partial charge >= 0.3 is 0 Å². The maximum Gasteiger partial charge on any atom is 0.218 e. The number of nitrogens with zero attached hydrogens (tertiary/aromatic N) is 3. The molecule has 2 aromatic carbocycles. The van der Waals surface area contributed by atoms with Gasteiger partial charge < -0.3 is 14.3 Å². The fraction of sp³-hybridized carbons (Fsp3) is 0.214. The zero-order chi connectivity index (χ0) is 24.2. The number of allylic oxidation sites excluding steroid dienone is 3. The highest BCUT2D eigenvalue weighted by atomic mass is 35.5. The Hall–Kier alpha value is -3.95. The molecular weight excluding hydrogens is 462 g/mol. The number of hydrogen-bond acceptors (Lipinski definition) is 5. The highest BCUT2D eigenvalue weighted by Gasteiger charge is 2.38. The number of methoxy groups -OCH3 is 1. The molecule has 176 valence electrons. The van der Waals surface area contributed by atoms with Crippen LogP contribution in [-0.4, -0.2) is 17.4 Å². The van der Waals surface area contributed by atoms with E-state index in [9.17, 15) is 5.26 Å². The van der Waals surface area contributed by atoms with E-state index in [2.05, 4.69) is 11.2 Å². The summed E-state index contributed by atoms with van der Waals surface area (Å²) in [7, 11) is 1.64. The molecule has 5 rings (SSSR count). The van der Waals surface area contributed by atoms with Gasteiger partial charge in [-0.2, -0.15) is 5.26 Å². The molecule has 6 nitrogen and oxygen atoms in total. The standard InChI is InChI=1S/C28H24ClN3O3/c1-33-22-13-9-20(10-14-22)26-23(17-30)28(32-15-2-3-16-32)35-25-6-4-5-24(27(25)26)31-34-18-19-7-11-21(29)12-8-19/h2-3,7-16,26H,4-6,18H2,1H3/b31-24-. The van der Waals surface area contributed by atoms with Crippen LogP contribution in [0, 0.1) is 11.3 Å². The molecule has 1 aromatic heterocycles. The van der Waals surface area contributed by atoms with Crippen LogP contribution in [0.4, 0.5) is 0 Å². The molecular formula is C28H24ClN3O3. The Kier molecular flexibility index (Phi) is 6.60. The third-order valence-corrected chi connectivity index (χ3v) is 6.44. The molecule has 7 heteroatoms. The first-order valence-electron chi connectivity index (χ1n) is 11.4. The van der Waals surface area contributed by atoms with E-state index in [1.54, 1.807) is 7.11 Å². The molecule has 2 heterocycles. The van der Waals surface area contributed by atoms with E-state index in [-0.39, 0.29) is 5.92 Å². The monoisotopic (exact) mass is 485 g/mol. The molecule has 1 aliphatic heterocycles. The molecule has 35 heavy (non-hydrogen) atoms. The van der Waals surface area contributed by atoms with Crippen molar-refractivity contribution in [3.63, 3.8) is 0 Å². The van der Waals surface area contributed by atoms with Gasteiger partial charge in [0.15, 0.2) is 0 Å². The van der Waals surface area contributed by atoms with Crippen LogP contribution in [-0.2, 0) is 16.2 Å². The average molecular weight is 486 g/mol. The van der Waals surface area contributed by atoms with Crippen LogP contribution in [0.15, 0.2) is 95.1 Å². The van der Waals surface area contributed by atoms with Crippen molar-refractivity contribution in [1.82, 2.24) is 4.57 Å². The summed E-state index contributed by atoms with van der Waals surface area (Å²) >= 11 is 5.98. The third kappa shape index (κ3) is 4.68. The van der Waals surface area contributed by atoms with E-state index in [1.807, 2.05) is 77.6 Å². The Morgan fingerprint density at radius 3 is 2.51 bits per heavy atom. The minimum absolute atomic E-state index is 0.326. The number of ether oxygens (including phenoxy) is 2. The highest BCUT2D eigenvalue weighted by molar-refractivity contribution is 6.30. The summed E-state index contributed by atoms with van der Waals surface area (Å²) < 4.78 is 13.6. The van der Waals surface area contributed by atoms with Crippen molar-refractivity contribution in [3.05, 3.63) is 106 Å². The molecule has 1 unspecified atom stereocenters. The summed E-state index contributed by atoms with van der Waals surface area (Å²) in [6.45, 7) is 0.326. The second kappa shape index (κ2) is 10.1. The van der Waals surface area contributed by atoms with Gasteiger partial charge in [-0.15, -0.1) is 0 Å². The summed E-state index contributed by atoms with van der Waals surface area (Å²) in [6.07, 6.45) is 6.17. The second-order valence-electron chi connectivity index (χ2n) is 8.36. The first kappa shape index (κ1) is 22.8. The lowest BCUT2D eigenvalue weighted by Gasteiger charge is -2.33. The Balaban J connectivity index is 1.55. The van der Waals surface area contributed by atoms with E-state index in [4.69, 9.17) is 25.9 Å². The number of rotatable bonds is 6. The van der Waals surface area contributed by atoms with Crippen molar-refractivity contribution < 1.29 is 14.3 Å². The van der Waals surface area contributed by atoms with Gasteiger partial charge in [-0.3, -0.25) is 4.57 Å². The Labute approximate surface area is 209 Å². The van der Waals surface area contributed by atoms with Crippen LogP contribution in [0.1, 0.15) is 36.3 Å². The maximum atomic E-state index is 10.3. The quantitative estimate of drug-likeness (QED) is 0.366. The van der Waals surface area contributed by atoms with E-state index in [1.165, 1.54) is 0 Å². The lowest BCUT2D eigenvalue weighted by molar-refractivity contribution is 0.129. The lowest BCUT2D eigenvalue weighted by atomic mass is 9.77. The molecule has 0 radical (unpaired) electrons. The normalized spacial score (nSPS) is 18.7. The zero-order valence-electron chi connectivity index (χ0n) is 19.3. The predicted molar refractivity (Wildman–Crippen MR) is 135 cm³/mol. The first-order chi connectivity index (χ1) is 17.2. The summed E-state index contributed by atoms with van der Waals surface area (Å²) in [5, 5.41) is 15.5. The lowest BCUT2D eigenvalue weighted by Crippen LogP contribution is -2.26. The summed E-state index contributed by atoms with van der Waals surface area (Å²) in [5.41, 5.74) is 4.18. The Bertz CT molecular complexity index is 1330. The van der Waals surface area contributed by atoms with Crippen LogP contribution in [0.2, 0.25) is 5.02 Å². The predicted octanol–water partition coefficient (Wildman–Crippen LogP) is 6.67. The molecule has 0 amide bonds. The van der Waals surface area contributed by atoms with Crippen molar-refractivity contribution in [2.45, 2.75) is 31.8 Å². The van der Waals surface area contributed by atoms with E-state index in [0.717, 1.165) is 53.2 Å². The maximum absolute atomic E-state index is 10.3. The molecule has 1 atom stereocenters. The Morgan fingerprint density at radius 1 is 1.09 bits per heavy atom. The highest BCUT2D eigenvalue weighted by Crippen LogP contribution is 2.46. The molecule has 3 aromatic rings. The zero-order valence-corrected chi connectivity index (χ0v) is 20.0. The number of aromatic nitrogens is 1. The molecule has 2 aliphatic rings. The third-order valence-electron chi connectivity index (χ3n) is 6.18. The fourth-order valence-corrected chi connectivity index (χ4v) is 4.61. The minimum atomic E-state index is -0.328. The van der Waals surface area contributed by atoms with Crippen LogP contribution in [0.5, 0.6) is 5.75 Å². The van der Waals surface area contributed by atoms with Crippen LogP contribution in [0.25, 0.3) is 5.88 Å². The van der Waals surface area contributed by atoms with Crippen molar-refractivity contribution >= 4 is 23.2 Å². The fourth-order valence-electron chi connectivity index (χ4n) is 4.48. The molecule has 0 N–H and O–H groups in total. The van der Waals surface area contributed by atoms with Gasteiger partial charge in [-0.25, -0.2) is 0 Å². The Morgan fingerprint density at radius 2 is 1.83 bits per heavy atom. The molecule has 0 saturated heterocycles. The summed E-state index contributed by atoms with van der Waals surface area (Å²) in [6, 6.07) is 21.5. The van der Waals surface area contributed by atoms with E-state index < -0.39 is 0 Å². The summed E-state index contributed by atoms with van der Waals surface area (Å²) in [4.78, 5) is 5.77. The van der Waals surface area contributed by atoms with Gasteiger partial charge in [-0.05, 0) is 60.4 Å². The number of oxime groups is 1. The second-order valence-corrected chi connectivity index (χ2v) is 8.79. The van der Waals surface area contributed by atoms with Crippen LogP contribution < -0.4 is 4.74 Å². The smallest absolute Gasteiger partial charge is 0.218 e. The van der Waals surface area contributed by atoms with Gasteiger partial charge in [0, 0.05) is 29.4 Å². The molecule has 1 aliphatic carbocycles. The van der Waals surface area contributed by atoms with Crippen LogP contribution >= 0.6 is 11.6 Å². The van der Waals surface area contributed by atoms with Crippen molar-refractivity contribution in [2.75, 3.05) is 7.11 Å². The van der Waals surface area contributed by atoms with Gasteiger partial charge in [-0.1, -0.05) is 41.0 Å². The van der Waals surface area contributed by atoms with Crippen LogP contribution in [0.3, 0.4) is 0 Å². The van der Waals surface area contributed by atoms with Gasteiger partial charge in [0.2, 0.25) is 5.88 Å². The number of nitriles is 1. The first-order valence-corrected chi connectivity index (χ1v) is 11.8. The number of halogens is 1. The topological polar surface area (TPSA) is 68.8 Å². The van der Waals surface area contributed by atoms with E-state index in [0.29, 0.717) is 23.1 Å². The number of benzene rings is 2. The molecule has 0 bridgehead atoms. The SMILES string of the molecule is COc1ccc(C2C(C#N)=C(n3cccc3)OC3=C2/C(=N\OCc2ccc(Cl)cc2)CCC3)cc1. The van der Waals surface area contributed by atoms with Crippen molar-refractivity contribution in [3.8, 4) is 11.8 Å². The molecule has 0 fully saturated rings. The van der Waals surface area contributed by atoms with Gasteiger partial charge in [0.25, 0.3) is 0 Å². The van der Waals surface area contributed by atoms with Crippen molar-refractivity contribution in [2.24, 2.45) is 5.16 Å². The van der Waals surface area contributed by atoms with E-state index >= 15 is 0 Å². The molecule has 0 spiro atoms. The largest absolute Gasteiger partial charge is 0.497 e. The minimum Gasteiger partial charge on any atom is -0.497 e. The molecule has 0 saturated carbocycles.